The Morgan fingerprint density at radius 3 is 2.62 bits per heavy atom. The summed E-state index contributed by atoms with van der Waals surface area (Å²) in [6.45, 7) is 12.9. The number of alkyl carbamates (subject to hydrolysis) is 1. The molecule has 1 atom stereocenters. The molecule has 1 heterocycles. The summed E-state index contributed by atoms with van der Waals surface area (Å²) in [5.41, 5.74) is 0.548. The van der Waals surface area contributed by atoms with Crippen LogP contribution in [0.3, 0.4) is 0 Å². The van der Waals surface area contributed by atoms with Crippen molar-refractivity contribution in [2.45, 2.75) is 72.6 Å². The van der Waals surface area contributed by atoms with Crippen molar-refractivity contribution >= 4 is 6.09 Å². The standard InChI is InChI=1S/C16H29N3O2/c1-7-8-19-11-17-10-14(19)13(9-12(2)3)18-15(20)21-16(4,5)6/h10-13H,7-9H2,1-6H3,(H,18,20). The van der Waals surface area contributed by atoms with E-state index in [-0.39, 0.29) is 12.1 Å². The fourth-order valence-electron chi connectivity index (χ4n) is 2.22. The number of hydrogen-bond donors (Lipinski definition) is 1. The van der Waals surface area contributed by atoms with Crippen molar-refractivity contribution in [3.63, 3.8) is 0 Å². The zero-order valence-electron chi connectivity index (χ0n) is 14.1. The molecule has 0 aliphatic rings. The van der Waals surface area contributed by atoms with Crippen LogP contribution in [-0.2, 0) is 11.3 Å². The molecule has 0 aromatic carbocycles. The van der Waals surface area contributed by atoms with E-state index in [9.17, 15) is 4.79 Å². The summed E-state index contributed by atoms with van der Waals surface area (Å²) < 4.78 is 7.47. The van der Waals surface area contributed by atoms with Gasteiger partial charge in [0.2, 0.25) is 0 Å². The van der Waals surface area contributed by atoms with Crippen molar-refractivity contribution < 1.29 is 9.53 Å². The lowest BCUT2D eigenvalue weighted by atomic mass is 10.0. The minimum Gasteiger partial charge on any atom is -0.444 e. The summed E-state index contributed by atoms with van der Waals surface area (Å²) in [6, 6.07) is -0.0751. The van der Waals surface area contributed by atoms with Crippen LogP contribution in [0.15, 0.2) is 12.5 Å². The Kier molecular flexibility index (Phi) is 6.24. The maximum atomic E-state index is 12.1. The van der Waals surface area contributed by atoms with Crippen LogP contribution in [0.4, 0.5) is 4.79 Å². The summed E-state index contributed by atoms with van der Waals surface area (Å²) in [5.74, 6) is 0.468. The van der Waals surface area contributed by atoms with Crippen molar-refractivity contribution in [2.75, 3.05) is 0 Å². The molecule has 0 bridgehead atoms. The fourth-order valence-corrected chi connectivity index (χ4v) is 2.22. The van der Waals surface area contributed by atoms with Crippen LogP contribution in [-0.4, -0.2) is 21.2 Å². The Balaban J connectivity index is 2.85. The highest BCUT2D eigenvalue weighted by Crippen LogP contribution is 2.22. The number of imidazole rings is 1. The molecule has 120 valence electrons. The number of carbonyl (C=O) groups excluding carboxylic acids is 1. The highest BCUT2D eigenvalue weighted by molar-refractivity contribution is 5.68. The average molecular weight is 295 g/mol. The Labute approximate surface area is 128 Å². The number of rotatable bonds is 6. The monoisotopic (exact) mass is 295 g/mol. The van der Waals surface area contributed by atoms with Gasteiger partial charge in [0.05, 0.1) is 24.3 Å². The predicted molar refractivity (Wildman–Crippen MR) is 84.1 cm³/mol. The number of amides is 1. The number of ether oxygens (including phenoxy) is 1. The number of aromatic nitrogens is 2. The fraction of sp³-hybridized carbons (Fsp3) is 0.750. The van der Waals surface area contributed by atoms with Crippen LogP contribution in [0, 0.1) is 5.92 Å². The van der Waals surface area contributed by atoms with Crippen LogP contribution in [0.2, 0.25) is 0 Å². The molecule has 21 heavy (non-hydrogen) atoms. The summed E-state index contributed by atoms with van der Waals surface area (Å²) in [4.78, 5) is 16.3. The number of nitrogens with one attached hydrogen (secondary N) is 1. The van der Waals surface area contributed by atoms with E-state index in [0.29, 0.717) is 5.92 Å². The second-order valence-corrected chi connectivity index (χ2v) is 6.84. The Morgan fingerprint density at radius 2 is 2.10 bits per heavy atom. The van der Waals surface area contributed by atoms with Gasteiger partial charge in [-0.2, -0.15) is 0 Å². The van der Waals surface area contributed by atoms with Crippen molar-refractivity contribution in [1.82, 2.24) is 14.9 Å². The van der Waals surface area contributed by atoms with E-state index in [0.717, 1.165) is 25.1 Å². The molecule has 1 aromatic heterocycles. The van der Waals surface area contributed by atoms with Gasteiger partial charge in [0.1, 0.15) is 5.60 Å². The topological polar surface area (TPSA) is 56.2 Å². The molecule has 5 nitrogen and oxygen atoms in total. The Morgan fingerprint density at radius 1 is 1.43 bits per heavy atom. The highest BCUT2D eigenvalue weighted by Gasteiger charge is 2.23. The molecule has 0 saturated carbocycles. The Bertz CT molecular complexity index is 447. The first kappa shape index (κ1) is 17.5. The second kappa shape index (κ2) is 7.48. The summed E-state index contributed by atoms with van der Waals surface area (Å²) >= 11 is 0. The van der Waals surface area contributed by atoms with Crippen LogP contribution in [0.1, 0.15) is 66.1 Å². The SMILES string of the molecule is CCCn1cncc1C(CC(C)C)NC(=O)OC(C)(C)C. The molecule has 0 aliphatic carbocycles. The van der Waals surface area contributed by atoms with Gasteiger partial charge in [0.25, 0.3) is 0 Å². The maximum absolute atomic E-state index is 12.1. The van der Waals surface area contributed by atoms with Gasteiger partial charge < -0.3 is 14.6 Å². The molecule has 0 aliphatic heterocycles. The van der Waals surface area contributed by atoms with Gasteiger partial charge in [-0.25, -0.2) is 9.78 Å². The van der Waals surface area contributed by atoms with Crippen molar-refractivity contribution in [1.29, 1.82) is 0 Å². The van der Waals surface area contributed by atoms with E-state index in [1.807, 2.05) is 33.3 Å². The van der Waals surface area contributed by atoms with E-state index in [1.165, 1.54) is 0 Å². The maximum Gasteiger partial charge on any atom is 0.408 e. The molecule has 5 heteroatoms. The molecule has 1 aromatic rings. The van der Waals surface area contributed by atoms with Crippen LogP contribution >= 0.6 is 0 Å². The van der Waals surface area contributed by atoms with Crippen molar-refractivity contribution in [3.8, 4) is 0 Å². The number of nitrogens with zero attached hydrogens (tertiary/aromatic N) is 2. The van der Waals surface area contributed by atoms with Gasteiger partial charge in [0, 0.05) is 6.54 Å². The third-order valence-corrected chi connectivity index (χ3v) is 2.96. The third kappa shape index (κ3) is 6.19. The summed E-state index contributed by atoms with van der Waals surface area (Å²) in [6.07, 6.45) is 5.17. The molecule has 0 fully saturated rings. The van der Waals surface area contributed by atoms with E-state index in [2.05, 4.69) is 35.6 Å². The number of hydrogen-bond acceptors (Lipinski definition) is 3. The van der Waals surface area contributed by atoms with E-state index in [4.69, 9.17) is 4.74 Å². The Hall–Kier alpha value is -1.52. The van der Waals surface area contributed by atoms with E-state index >= 15 is 0 Å². The minimum atomic E-state index is -0.490. The molecular weight excluding hydrogens is 266 g/mol. The molecule has 0 radical (unpaired) electrons. The lowest BCUT2D eigenvalue weighted by Crippen LogP contribution is -2.36. The number of carbonyl (C=O) groups is 1. The molecule has 0 saturated heterocycles. The van der Waals surface area contributed by atoms with E-state index < -0.39 is 5.60 Å². The summed E-state index contributed by atoms with van der Waals surface area (Å²) in [7, 11) is 0. The smallest absolute Gasteiger partial charge is 0.408 e. The van der Waals surface area contributed by atoms with Gasteiger partial charge in [-0.15, -0.1) is 0 Å². The largest absolute Gasteiger partial charge is 0.444 e. The molecule has 0 spiro atoms. The minimum absolute atomic E-state index is 0.0751. The average Bonchev–Trinajstić information content (AvgIpc) is 2.73. The lowest BCUT2D eigenvalue weighted by Gasteiger charge is -2.25. The van der Waals surface area contributed by atoms with Gasteiger partial charge in [-0.1, -0.05) is 20.8 Å². The molecule has 1 amide bonds. The first-order valence-electron chi connectivity index (χ1n) is 7.72. The van der Waals surface area contributed by atoms with Crippen molar-refractivity contribution in [3.05, 3.63) is 18.2 Å². The highest BCUT2D eigenvalue weighted by atomic mass is 16.6. The first-order valence-corrected chi connectivity index (χ1v) is 7.72. The number of aryl methyl sites for hydroxylation is 1. The van der Waals surface area contributed by atoms with Crippen LogP contribution in [0.25, 0.3) is 0 Å². The first-order chi connectivity index (χ1) is 9.73. The van der Waals surface area contributed by atoms with Gasteiger partial charge in [-0.05, 0) is 39.5 Å². The normalized spacial score (nSPS) is 13.3. The molecule has 1 N–H and O–H groups in total. The quantitative estimate of drug-likeness (QED) is 0.865. The van der Waals surface area contributed by atoms with Crippen molar-refractivity contribution in [2.24, 2.45) is 5.92 Å². The zero-order valence-corrected chi connectivity index (χ0v) is 14.1. The van der Waals surface area contributed by atoms with Gasteiger partial charge in [0.15, 0.2) is 0 Å². The third-order valence-electron chi connectivity index (χ3n) is 2.96. The molecule has 1 rings (SSSR count). The zero-order chi connectivity index (χ0) is 16.0. The van der Waals surface area contributed by atoms with E-state index in [1.54, 1.807) is 0 Å². The molecular formula is C16H29N3O2. The second-order valence-electron chi connectivity index (χ2n) is 6.84. The van der Waals surface area contributed by atoms with Crippen LogP contribution < -0.4 is 5.32 Å². The predicted octanol–water partition coefficient (Wildman–Crippen LogP) is 3.91. The molecule has 1 unspecified atom stereocenters. The van der Waals surface area contributed by atoms with Gasteiger partial charge in [-0.3, -0.25) is 0 Å². The summed E-state index contributed by atoms with van der Waals surface area (Å²) in [5, 5.41) is 2.98. The lowest BCUT2D eigenvalue weighted by molar-refractivity contribution is 0.0495. The van der Waals surface area contributed by atoms with Gasteiger partial charge >= 0.3 is 6.09 Å². The van der Waals surface area contributed by atoms with Crippen LogP contribution in [0.5, 0.6) is 0 Å².